The van der Waals surface area contributed by atoms with Crippen molar-refractivity contribution in [2.75, 3.05) is 6.54 Å². The molecule has 4 nitrogen and oxygen atoms in total. The molecule has 0 saturated heterocycles. The van der Waals surface area contributed by atoms with Gasteiger partial charge >= 0.3 is 0 Å². The molecule has 2 rings (SSSR count). The summed E-state index contributed by atoms with van der Waals surface area (Å²) in [6.45, 7) is 5.75. The van der Waals surface area contributed by atoms with Gasteiger partial charge in [-0.25, -0.2) is 13.2 Å². The van der Waals surface area contributed by atoms with Crippen LogP contribution in [0.15, 0.2) is 36.4 Å². The van der Waals surface area contributed by atoms with E-state index in [9.17, 15) is 23.1 Å². The predicted molar refractivity (Wildman–Crippen MR) is 110 cm³/mol. The number of carbonyl (C=O) groups excluding carboxylic acids is 1. The molecule has 1 amide bonds. The Bertz CT molecular complexity index is 838. The van der Waals surface area contributed by atoms with Gasteiger partial charge < -0.3 is 15.7 Å². The zero-order valence-electron chi connectivity index (χ0n) is 17.5. The minimum Gasteiger partial charge on any atom is -0.390 e. The number of halogens is 3. The molecule has 0 radical (unpaired) electrons. The maximum Gasteiger partial charge on any atom is 0.217 e. The molecule has 2 atom stereocenters. The van der Waals surface area contributed by atoms with Crippen molar-refractivity contribution in [1.82, 2.24) is 10.6 Å². The van der Waals surface area contributed by atoms with Crippen LogP contribution in [-0.2, 0) is 24.2 Å². The van der Waals surface area contributed by atoms with Crippen molar-refractivity contribution in [3.05, 3.63) is 70.5 Å². The Balaban J connectivity index is 2.00. The molecular weight excluding hydrogens is 393 g/mol. The van der Waals surface area contributed by atoms with E-state index in [0.29, 0.717) is 17.0 Å². The average molecular weight is 422 g/mol. The zero-order valence-corrected chi connectivity index (χ0v) is 17.5. The van der Waals surface area contributed by atoms with Crippen molar-refractivity contribution >= 4 is 5.91 Å². The van der Waals surface area contributed by atoms with Crippen LogP contribution in [0.5, 0.6) is 0 Å². The summed E-state index contributed by atoms with van der Waals surface area (Å²) in [6, 6.07) is 7.32. The molecule has 2 aromatic rings. The quantitative estimate of drug-likeness (QED) is 0.549. The first-order chi connectivity index (χ1) is 14.1. The molecule has 0 saturated carbocycles. The maximum absolute atomic E-state index is 14.1. The Kier molecular flexibility index (Phi) is 8.87. The molecule has 3 N–H and O–H groups in total. The van der Waals surface area contributed by atoms with Gasteiger partial charge in [-0.2, -0.15) is 0 Å². The van der Waals surface area contributed by atoms with Crippen LogP contribution in [0.1, 0.15) is 37.5 Å². The Hall–Kier alpha value is -2.38. The molecule has 7 heteroatoms. The minimum absolute atomic E-state index is 0.0509. The van der Waals surface area contributed by atoms with Gasteiger partial charge in [0, 0.05) is 31.6 Å². The predicted octanol–water partition coefficient (Wildman–Crippen LogP) is 3.50. The van der Waals surface area contributed by atoms with Crippen LogP contribution in [0.3, 0.4) is 0 Å². The van der Waals surface area contributed by atoms with Crippen LogP contribution in [0.4, 0.5) is 13.2 Å². The van der Waals surface area contributed by atoms with Crippen LogP contribution < -0.4 is 10.6 Å². The van der Waals surface area contributed by atoms with Gasteiger partial charge in [0.15, 0.2) is 0 Å². The van der Waals surface area contributed by atoms with Crippen LogP contribution in [0.2, 0.25) is 0 Å². The Morgan fingerprint density at radius 3 is 2.27 bits per heavy atom. The molecule has 0 unspecified atom stereocenters. The summed E-state index contributed by atoms with van der Waals surface area (Å²) < 4.78 is 41.0. The Morgan fingerprint density at radius 2 is 1.67 bits per heavy atom. The second-order valence-corrected chi connectivity index (χ2v) is 8.01. The third-order valence-electron chi connectivity index (χ3n) is 4.65. The number of hydrogen-bond donors (Lipinski definition) is 3. The summed E-state index contributed by atoms with van der Waals surface area (Å²) >= 11 is 0. The summed E-state index contributed by atoms with van der Waals surface area (Å²) in [5.74, 6) is -1.71. The van der Waals surface area contributed by atoms with Gasteiger partial charge in [0.25, 0.3) is 0 Å². The summed E-state index contributed by atoms with van der Waals surface area (Å²) in [4.78, 5) is 11.5. The highest BCUT2D eigenvalue weighted by atomic mass is 19.1. The molecule has 0 aliphatic carbocycles. The molecule has 2 aromatic carbocycles. The van der Waals surface area contributed by atoms with Gasteiger partial charge in [-0.1, -0.05) is 26.0 Å². The lowest BCUT2D eigenvalue weighted by atomic mass is 10.00. The summed E-state index contributed by atoms with van der Waals surface area (Å²) in [5.41, 5.74) is 1.84. The standard InChI is InChI=1S/C23H29F3N2O2/c1-14(2)6-16-4-5-21(26)18(7-16)12-27-13-23(30)22(28-15(3)29)10-17-8-19(24)11-20(25)9-17/h4-5,7-9,11,14,22-23,27,30H,6,10,12-13H2,1-3H3,(H,28,29)/t22-,23+/m0/s1. The maximum atomic E-state index is 14.1. The molecule has 0 spiro atoms. The topological polar surface area (TPSA) is 61.4 Å². The van der Waals surface area contributed by atoms with Crippen molar-refractivity contribution in [2.45, 2.75) is 52.3 Å². The Morgan fingerprint density at radius 1 is 1.00 bits per heavy atom. The van der Waals surface area contributed by atoms with E-state index >= 15 is 0 Å². The fourth-order valence-electron chi connectivity index (χ4n) is 3.39. The van der Waals surface area contributed by atoms with Gasteiger partial charge in [-0.05, 0) is 48.1 Å². The number of rotatable bonds is 10. The first-order valence-electron chi connectivity index (χ1n) is 10.0. The minimum atomic E-state index is -1.04. The van der Waals surface area contributed by atoms with Crippen molar-refractivity contribution in [2.24, 2.45) is 5.92 Å². The molecule has 0 bridgehead atoms. The highest BCUT2D eigenvalue weighted by molar-refractivity contribution is 5.73. The van der Waals surface area contributed by atoms with Gasteiger partial charge in [0.05, 0.1) is 12.1 Å². The van der Waals surface area contributed by atoms with E-state index in [-0.39, 0.29) is 31.2 Å². The van der Waals surface area contributed by atoms with Crippen LogP contribution in [0, 0.1) is 23.4 Å². The van der Waals surface area contributed by atoms with Crippen molar-refractivity contribution < 1.29 is 23.1 Å². The van der Waals surface area contributed by atoms with Crippen LogP contribution in [-0.4, -0.2) is 29.7 Å². The number of aliphatic hydroxyl groups is 1. The first kappa shape index (κ1) is 23.9. The number of hydrogen-bond acceptors (Lipinski definition) is 3. The van der Waals surface area contributed by atoms with Gasteiger partial charge in [0.1, 0.15) is 17.5 Å². The normalized spacial score (nSPS) is 13.3. The van der Waals surface area contributed by atoms with Crippen molar-refractivity contribution in [3.63, 3.8) is 0 Å². The highest BCUT2D eigenvalue weighted by Crippen LogP contribution is 2.15. The fourth-order valence-corrected chi connectivity index (χ4v) is 3.39. The molecule has 0 heterocycles. The van der Waals surface area contributed by atoms with Gasteiger partial charge in [0.2, 0.25) is 5.91 Å². The van der Waals surface area contributed by atoms with E-state index in [1.54, 1.807) is 12.1 Å². The molecular formula is C23H29F3N2O2. The van der Waals surface area contributed by atoms with E-state index in [4.69, 9.17) is 0 Å². The van der Waals surface area contributed by atoms with Gasteiger partial charge in [-0.3, -0.25) is 4.79 Å². The summed E-state index contributed by atoms with van der Waals surface area (Å²) in [5, 5.41) is 16.1. The number of benzene rings is 2. The third kappa shape index (κ3) is 7.80. The number of aliphatic hydroxyl groups excluding tert-OH is 1. The van der Waals surface area contributed by atoms with E-state index in [1.807, 2.05) is 0 Å². The molecule has 0 aliphatic rings. The lowest BCUT2D eigenvalue weighted by molar-refractivity contribution is -0.120. The molecule has 0 aromatic heterocycles. The van der Waals surface area contributed by atoms with Gasteiger partial charge in [-0.15, -0.1) is 0 Å². The summed E-state index contributed by atoms with van der Waals surface area (Å²) in [6.07, 6.45) is -0.151. The second kappa shape index (κ2) is 11.1. The second-order valence-electron chi connectivity index (χ2n) is 8.01. The van der Waals surface area contributed by atoms with Crippen molar-refractivity contribution in [1.29, 1.82) is 0 Å². The number of carbonyl (C=O) groups is 1. The van der Waals surface area contributed by atoms with Crippen molar-refractivity contribution in [3.8, 4) is 0 Å². The van der Waals surface area contributed by atoms with E-state index in [2.05, 4.69) is 24.5 Å². The smallest absolute Gasteiger partial charge is 0.217 e. The lowest BCUT2D eigenvalue weighted by Gasteiger charge is -2.24. The average Bonchev–Trinajstić information content (AvgIpc) is 2.62. The Labute approximate surface area is 175 Å². The van der Waals surface area contributed by atoms with E-state index < -0.39 is 23.8 Å². The lowest BCUT2D eigenvalue weighted by Crippen LogP contribution is -2.48. The molecule has 164 valence electrons. The molecule has 30 heavy (non-hydrogen) atoms. The largest absolute Gasteiger partial charge is 0.390 e. The zero-order chi connectivity index (χ0) is 22.3. The highest BCUT2D eigenvalue weighted by Gasteiger charge is 2.21. The van der Waals surface area contributed by atoms with Crippen LogP contribution >= 0.6 is 0 Å². The fraction of sp³-hybridized carbons (Fsp3) is 0.435. The first-order valence-corrected chi connectivity index (χ1v) is 10.0. The number of amides is 1. The molecule has 0 aliphatic heterocycles. The number of nitrogens with one attached hydrogen (secondary N) is 2. The monoisotopic (exact) mass is 422 g/mol. The van der Waals surface area contributed by atoms with Crippen LogP contribution in [0.25, 0.3) is 0 Å². The summed E-state index contributed by atoms with van der Waals surface area (Å²) in [7, 11) is 0. The van der Waals surface area contributed by atoms with E-state index in [0.717, 1.165) is 30.2 Å². The SMILES string of the molecule is CC(=O)N[C@@H](Cc1cc(F)cc(F)c1)[C@H](O)CNCc1cc(CC(C)C)ccc1F. The third-order valence-corrected chi connectivity index (χ3v) is 4.65. The van der Waals surface area contributed by atoms with E-state index in [1.165, 1.54) is 13.0 Å². The molecule has 0 fully saturated rings.